The van der Waals surface area contributed by atoms with Gasteiger partial charge in [0, 0.05) is 10.9 Å². The lowest BCUT2D eigenvalue weighted by Crippen LogP contribution is -2.32. The van der Waals surface area contributed by atoms with Crippen LogP contribution in [0.4, 0.5) is 0 Å². The number of hydrogen-bond donors (Lipinski definition) is 3. The number of ether oxygens (including phenoxy) is 1. The number of hydrazone groups is 1. The summed E-state index contributed by atoms with van der Waals surface area (Å²) in [6.45, 7) is 0.489. The van der Waals surface area contributed by atoms with Crippen LogP contribution in [0.3, 0.4) is 0 Å². The Hall–Kier alpha value is -3.49. The molecule has 0 saturated carbocycles. The topological polar surface area (TPSA) is 117 Å². The summed E-state index contributed by atoms with van der Waals surface area (Å²) in [4.78, 5) is 4.62. The molecule has 0 atom stereocenters. The molecule has 0 saturated heterocycles. The molecule has 0 fully saturated rings. The summed E-state index contributed by atoms with van der Waals surface area (Å²) in [5.41, 5.74) is 6.66. The minimum absolute atomic E-state index is 0.298. The van der Waals surface area contributed by atoms with Gasteiger partial charge in [-0.15, -0.1) is 0 Å². The third kappa shape index (κ3) is 3.51. The number of halogens is 1. The Morgan fingerprint density at radius 2 is 2.17 bits per heavy atom. The zero-order valence-corrected chi connectivity index (χ0v) is 16.3. The van der Waals surface area contributed by atoms with E-state index < -0.39 is 0 Å². The van der Waals surface area contributed by atoms with Crippen LogP contribution in [0.25, 0.3) is 22.2 Å². The zero-order valence-electron chi connectivity index (χ0n) is 15.6. The summed E-state index contributed by atoms with van der Waals surface area (Å²) in [6, 6.07) is 13.4. The number of pyridine rings is 1. The summed E-state index contributed by atoms with van der Waals surface area (Å²) < 4.78 is 12.8. The highest BCUT2D eigenvalue weighted by atomic mass is 35.5. The van der Waals surface area contributed by atoms with E-state index in [-0.39, 0.29) is 0 Å². The molecule has 5 N–H and O–H groups in total. The molecule has 9 heteroatoms. The molecule has 0 unspecified atom stereocenters. The van der Waals surface area contributed by atoms with E-state index in [1.807, 2.05) is 30.3 Å². The molecular weight excluding hydrogens is 392 g/mol. The molecule has 0 aliphatic rings. The summed E-state index contributed by atoms with van der Waals surface area (Å²) in [7, 11) is 1.60. The number of hydrogen-bond acceptors (Lipinski definition) is 6. The van der Waals surface area contributed by atoms with Gasteiger partial charge in [0.25, 0.3) is 0 Å². The SMILES string of the molecule is COc1cc2cc(-c3ccoc3)n(Cc3cccc(/C(=N/N)NN)n3)c2cc1Cl. The van der Waals surface area contributed by atoms with E-state index in [1.54, 1.807) is 25.7 Å². The maximum atomic E-state index is 6.39. The highest BCUT2D eigenvalue weighted by Crippen LogP contribution is 2.35. The molecule has 0 aliphatic carbocycles. The van der Waals surface area contributed by atoms with Crippen molar-refractivity contribution in [1.82, 2.24) is 15.0 Å². The fraction of sp³-hybridized carbons (Fsp3) is 0.100. The van der Waals surface area contributed by atoms with Gasteiger partial charge in [-0.05, 0) is 36.4 Å². The van der Waals surface area contributed by atoms with Gasteiger partial charge >= 0.3 is 0 Å². The molecule has 0 spiro atoms. The van der Waals surface area contributed by atoms with E-state index in [1.165, 1.54) is 0 Å². The quantitative estimate of drug-likeness (QED) is 0.201. The van der Waals surface area contributed by atoms with Crippen LogP contribution in [0.5, 0.6) is 5.75 Å². The van der Waals surface area contributed by atoms with Crippen LogP contribution in [0.1, 0.15) is 11.4 Å². The number of hydrazine groups is 1. The number of nitrogens with two attached hydrogens (primary N) is 2. The molecule has 3 heterocycles. The van der Waals surface area contributed by atoms with Crippen molar-refractivity contribution in [1.29, 1.82) is 0 Å². The van der Waals surface area contributed by atoms with Crippen molar-refractivity contribution in [3.8, 4) is 17.0 Å². The Labute approximate surface area is 171 Å². The lowest BCUT2D eigenvalue weighted by Gasteiger charge is -2.12. The van der Waals surface area contributed by atoms with Crippen LogP contribution < -0.4 is 21.8 Å². The number of methoxy groups -OCH3 is 1. The van der Waals surface area contributed by atoms with Gasteiger partial charge in [0.15, 0.2) is 5.84 Å². The van der Waals surface area contributed by atoms with Gasteiger partial charge in [0.2, 0.25) is 0 Å². The van der Waals surface area contributed by atoms with Crippen molar-refractivity contribution < 1.29 is 9.15 Å². The summed E-state index contributed by atoms with van der Waals surface area (Å²) in [5, 5.41) is 5.15. The minimum Gasteiger partial charge on any atom is -0.495 e. The molecule has 148 valence electrons. The first kappa shape index (κ1) is 18.9. The van der Waals surface area contributed by atoms with Gasteiger partial charge in [-0.3, -0.25) is 0 Å². The lowest BCUT2D eigenvalue weighted by molar-refractivity contribution is 0.415. The van der Waals surface area contributed by atoms with E-state index in [9.17, 15) is 0 Å². The highest BCUT2D eigenvalue weighted by Gasteiger charge is 2.16. The predicted molar refractivity (Wildman–Crippen MR) is 113 cm³/mol. The Kier molecular flexibility index (Phi) is 5.11. The van der Waals surface area contributed by atoms with Gasteiger partial charge in [0.1, 0.15) is 11.4 Å². The molecule has 8 nitrogen and oxygen atoms in total. The molecular formula is C20H19ClN6O2. The molecule has 0 aliphatic heterocycles. The van der Waals surface area contributed by atoms with Crippen LogP contribution in [0.2, 0.25) is 5.02 Å². The summed E-state index contributed by atoms with van der Waals surface area (Å²) in [5.74, 6) is 11.8. The molecule has 4 aromatic rings. The molecule has 29 heavy (non-hydrogen) atoms. The monoisotopic (exact) mass is 410 g/mol. The summed E-state index contributed by atoms with van der Waals surface area (Å²) >= 11 is 6.39. The maximum absolute atomic E-state index is 6.39. The van der Waals surface area contributed by atoms with Crippen LogP contribution in [-0.4, -0.2) is 22.5 Å². The minimum atomic E-state index is 0.298. The molecule has 0 amide bonds. The smallest absolute Gasteiger partial charge is 0.185 e. The molecule has 0 radical (unpaired) electrons. The number of nitrogens with zero attached hydrogens (tertiary/aromatic N) is 3. The number of benzene rings is 1. The average molecular weight is 411 g/mol. The van der Waals surface area contributed by atoms with Crippen molar-refractivity contribution in [3.05, 3.63) is 71.4 Å². The van der Waals surface area contributed by atoms with Crippen molar-refractivity contribution in [3.63, 3.8) is 0 Å². The van der Waals surface area contributed by atoms with E-state index >= 15 is 0 Å². The number of amidine groups is 1. The second-order valence-electron chi connectivity index (χ2n) is 6.31. The molecule has 4 rings (SSSR count). The first-order chi connectivity index (χ1) is 14.1. The molecule has 3 aromatic heterocycles. The van der Waals surface area contributed by atoms with E-state index in [2.05, 4.69) is 26.1 Å². The summed E-state index contributed by atoms with van der Waals surface area (Å²) in [6.07, 6.45) is 3.34. The van der Waals surface area contributed by atoms with Gasteiger partial charge in [-0.25, -0.2) is 10.8 Å². The van der Waals surface area contributed by atoms with Crippen molar-refractivity contribution in [2.24, 2.45) is 16.8 Å². The number of fused-ring (bicyclic) bond motifs is 1. The zero-order chi connectivity index (χ0) is 20.4. The van der Waals surface area contributed by atoms with Crippen LogP contribution in [0.15, 0.2) is 64.5 Å². The van der Waals surface area contributed by atoms with E-state index in [4.69, 9.17) is 32.4 Å². The van der Waals surface area contributed by atoms with E-state index in [0.29, 0.717) is 28.8 Å². The first-order valence-corrected chi connectivity index (χ1v) is 9.12. The fourth-order valence-electron chi connectivity index (χ4n) is 3.28. The third-order valence-corrected chi connectivity index (χ3v) is 4.92. The van der Waals surface area contributed by atoms with Crippen molar-refractivity contribution in [2.45, 2.75) is 6.54 Å². The van der Waals surface area contributed by atoms with Crippen molar-refractivity contribution >= 4 is 28.3 Å². The third-order valence-electron chi connectivity index (χ3n) is 4.63. The highest BCUT2D eigenvalue weighted by molar-refractivity contribution is 6.32. The van der Waals surface area contributed by atoms with Crippen LogP contribution >= 0.6 is 11.6 Å². The van der Waals surface area contributed by atoms with Crippen molar-refractivity contribution in [2.75, 3.05) is 7.11 Å². The van der Waals surface area contributed by atoms with Gasteiger partial charge in [-0.1, -0.05) is 17.7 Å². The number of aromatic nitrogens is 2. The Morgan fingerprint density at radius 3 is 2.86 bits per heavy atom. The standard InChI is InChI=1S/C20H19ClN6O2/c1-28-19-8-13-7-17(12-5-6-29-11-12)27(18(13)9-15(19)21)10-14-3-2-4-16(24-14)20(25-22)26-23/h2-9,11H,10,22-23H2,1H3,(H,25,26). The Balaban J connectivity index is 1.85. The van der Waals surface area contributed by atoms with Crippen LogP contribution in [-0.2, 0) is 6.54 Å². The average Bonchev–Trinajstić information content (AvgIpc) is 3.37. The van der Waals surface area contributed by atoms with Gasteiger partial charge < -0.3 is 25.0 Å². The number of rotatable bonds is 5. The number of nitrogens with one attached hydrogen (secondary N) is 1. The Bertz CT molecular complexity index is 1180. The number of furan rings is 1. The first-order valence-electron chi connectivity index (χ1n) is 8.74. The normalized spacial score (nSPS) is 11.8. The largest absolute Gasteiger partial charge is 0.495 e. The second kappa shape index (κ2) is 7.86. The van der Waals surface area contributed by atoms with Crippen LogP contribution in [0, 0.1) is 0 Å². The second-order valence-corrected chi connectivity index (χ2v) is 6.72. The lowest BCUT2D eigenvalue weighted by atomic mass is 10.2. The fourth-order valence-corrected chi connectivity index (χ4v) is 3.51. The van der Waals surface area contributed by atoms with Gasteiger partial charge in [-0.2, -0.15) is 5.10 Å². The molecule has 1 aromatic carbocycles. The Morgan fingerprint density at radius 1 is 1.31 bits per heavy atom. The predicted octanol–water partition coefficient (Wildman–Crippen LogP) is 3.09. The van der Waals surface area contributed by atoms with Gasteiger partial charge in [0.05, 0.1) is 48.1 Å². The van der Waals surface area contributed by atoms with E-state index in [0.717, 1.165) is 27.9 Å². The molecule has 0 bridgehead atoms. The maximum Gasteiger partial charge on any atom is 0.185 e.